The Hall–Kier alpha value is -1.86. The molecule has 0 aliphatic carbocycles. The summed E-state index contributed by atoms with van der Waals surface area (Å²) in [6.07, 6.45) is 1.54. The standard InChI is InChI=1S/C14H20BN3O3/c1-4-13-16-14(5-2)18(17-13)9-10-8-11(21-3)6-7-12(10)15(19)20/h6-8,19-20H,4-5,9H2,1-3H3. The van der Waals surface area contributed by atoms with E-state index < -0.39 is 7.12 Å². The highest BCUT2D eigenvalue weighted by Crippen LogP contribution is 2.13. The van der Waals surface area contributed by atoms with Crippen LogP contribution in [-0.2, 0) is 19.4 Å². The van der Waals surface area contributed by atoms with Gasteiger partial charge in [0.1, 0.15) is 11.6 Å². The molecule has 0 aliphatic rings. The number of ether oxygens (including phenoxy) is 1. The Morgan fingerprint density at radius 2 is 2.00 bits per heavy atom. The van der Waals surface area contributed by atoms with E-state index in [1.54, 1.807) is 30.0 Å². The van der Waals surface area contributed by atoms with Crippen LogP contribution in [0.2, 0.25) is 0 Å². The number of rotatable bonds is 6. The second-order valence-corrected chi connectivity index (χ2v) is 4.75. The predicted molar refractivity (Wildman–Crippen MR) is 80.7 cm³/mol. The van der Waals surface area contributed by atoms with Gasteiger partial charge in [0.2, 0.25) is 0 Å². The maximum absolute atomic E-state index is 9.49. The van der Waals surface area contributed by atoms with E-state index in [-0.39, 0.29) is 0 Å². The quantitative estimate of drug-likeness (QED) is 0.739. The average molecular weight is 289 g/mol. The first-order valence-electron chi connectivity index (χ1n) is 7.04. The molecule has 6 nitrogen and oxygen atoms in total. The van der Waals surface area contributed by atoms with E-state index >= 15 is 0 Å². The van der Waals surface area contributed by atoms with Crippen molar-refractivity contribution in [1.82, 2.24) is 14.8 Å². The number of methoxy groups -OCH3 is 1. The summed E-state index contributed by atoms with van der Waals surface area (Å²) in [5.74, 6) is 2.34. The van der Waals surface area contributed by atoms with Gasteiger partial charge in [0, 0.05) is 12.8 Å². The van der Waals surface area contributed by atoms with E-state index in [2.05, 4.69) is 10.1 Å². The Morgan fingerprint density at radius 3 is 2.57 bits per heavy atom. The molecule has 1 aromatic carbocycles. The highest BCUT2D eigenvalue weighted by Gasteiger charge is 2.18. The molecule has 112 valence electrons. The molecule has 0 saturated carbocycles. The first-order valence-corrected chi connectivity index (χ1v) is 7.04. The Bertz CT molecular complexity index is 614. The second kappa shape index (κ2) is 6.73. The molecule has 0 atom stereocenters. The number of aromatic nitrogens is 3. The molecule has 0 spiro atoms. The van der Waals surface area contributed by atoms with Gasteiger partial charge in [0.15, 0.2) is 5.82 Å². The maximum Gasteiger partial charge on any atom is 0.488 e. The first kappa shape index (κ1) is 15.5. The fourth-order valence-electron chi connectivity index (χ4n) is 2.22. The number of aryl methyl sites for hydroxylation is 2. The van der Waals surface area contributed by atoms with Crippen LogP contribution in [-0.4, -0.2) is 39.0 Å². The number of benzene rings is 1. The molecular weight excluding hydrogens is 269 g/mol. The van der Waals surface area contributed by atoms with E-state index in [0.29, 0.717) is 17.8 Å². The van der Waals surface area contributed by atoms with E-state index in [1.165, 1.54) is 0 Å². The predicted octanol–water partition coefficient (Wildman–Crippen LogP) is 0.140. The lowest BCUT2D eigenvalue weighted by Gasteiger charge is -2.12. The third-order valence-electron chi connectivity index (χ3n) is 3.37. The van der Waals surface area contributed by atoms with E-state index in [9.17, 15) is 10.0 Å². The number of nitrogens with zero attached hydrogens (tertiary/aromatic N) is 3. The minimum atomic E-state index is -1.52. The molecule has 0 amide bonds. The van der Waals surface area contributed by atoms with Gasteiger partial charge in [0.25, 0.3) is 0 Å². The van der Waals surface area contributed by atoms with Crippen molar-refractivity contribution in [1.29, 1.82) is 0 Å². The van der Waals surface area contributed by atoms with E-state index in [0.717, 1.165) is 30.1 Å². The van der Waals surface area contributed by atoms with Gasteiger partial charge in [-0.25, -0.2) is 9.67 Å². The van der Waals surface area contributed by atoms with Crippen LogP contribution in [0.25, 0.3) is 0 Å². The van der Waals surface area contributed by atoms with Crippen molar-refractivity contribution in [2.45, 2.75) is 33.2 Å². The van der Waals surface area contributed by atoms with Crippen molar-refractivity contribution in [3.8, 4) is 5.75 Å². The van der Waals surface area contributed by atoms with Crippen molar-refractivity contribution in [3.63, 3.8) is 0 Å². The lowest BCUT2D eigenvalue weighted by atomic mass is 9.77. The molecule has 0 saturated heterocycles. The summed E-state index contributed by atoms with van der Waals surface area (Å²) in [6.45, 7) is 4.46. The van der Waals surface area contributed by atoms with Crippen LogP contribution in [0.5, 0.6) is 5.75 Å². The van der Waals surface area contributed by atoms with Gasteiger partial charge in [-0.15, -0.1) is 0 Å². The number of hydrogen-bond acceptors (Lipinski definition) is 5. The maximum atomic E-state index is 9.49. The molecule has 7 heteroatoms. The van der Waals surface area contributed by atoms with E-state index in [4.69, 9.17) is 4.74 Å². The van der Waals surface area contributed by atoms with Crippen LogP contribution in [0.1, 0.15) is 31.1 Å². The minimum absolute atomic E-state index is 0.431. The summed E-state index contributed by atoms with van der Waals surface area (Å²) in [7, 11) is 0.0566. The van der Waals surface area contributed by atoms with Crippen LogP contribution in [0, 0.1) is 0 Å². The summed E-state index contributed by atoms with van der Waals surface area (Å²) in [6, 6.07) is 5.15. The third kappa shape index (κ3) is 3.43. The fraction of sp³-hybridized carbons (Fsp3) is 0.429. The minimum Gasteiger partial charge on any atom is -0.497 e. The highest BCUT2D eigenvalue weighted by molar-refractivity contribution is 6.59. The molecule has 1 heterocycles. The van der Waals surface area contributed by atoms with Gasteiger partial charge in [-0.3, -0.25) is 0 Å². The summed E-state index contributed by atoms with van der Waals surface area (Å²) >= 11 is 0. The van der Waals surface area contributed by atoms with Crippen LogP contribution in [0.3, 0.4) is 0 Å². The van der Waals surface area contributed by atoms with Crippen LogP contribution in [0.15, 0.2) is 18.2 Å². The Balaban J connectivity index is 2.39. The normalized spacial score (nSPS) is 10.7. The number of hydrogen-bond donors (Lipinski definition) is 2. The van der Waals surface area contributed by atoms with Crippen molar-refractivity contribution in [3.05, 3.63) is 35.4 Å². The van der Waals surface area contributed by atoms with Crippen molar-refractivity contribution in [2.75, 3.05) is 7.11 Å². The van der Waals surface area contributed by atoms with Crippen LogP contribution < -0.4 is 10.2 Å². The molecular formula is C14H20BN3O3. The Morgan fingerprint density at radius 1 is 1.24 bits per heavy atom. The summed E-state index contributed by atoms with van der Waals surface area (Å²) in [4.78, 5) is 4.46. The second-order valence-electron chi connectivity index (χ2n) is 4.75. The van der Waals surface area contributed by atoms with Crippen LogP contribution in [0.4, 0.5) is 0 Å². The molecule has 0 unspecified atom stereocenters. The lowest BCUT2D eigenvalue weighted by molar-refractivity contribution is 0.413. The largest absolute Gasteiger partial charge is 0.497 e. The third-order valence-corrected chi connectivity index (χ3v) is 3.37. The van der Waals surface area contributed by atoms with Crippen molar-refractivity contribution < 1.29 is 14.8 Å². The molecule has 2 rings (SSSR count). The Kier molecular flexibility index (Phi) is 4.98. The Labute approximate surface area is 124 Å². The molecule has 0 aliphatic heterocycles. The summed E-state index contributed by atoms with van der Waals surface area (Å²) in [5.41, 5.74) is 1.21. The summed E-state index contributed by atoms with van der Waals surface area (Å²) in [5, 5.41) is 23.4. The molecule has 0 bridgehead atoms. The molecule has 0 radical (unpaired) electrons. The van der Waals surface area contributed by atoms with Crippen molar-refractivity contribution >= 4 is 12.6 Å². The van der Waals surface area contributed by atoms with Crippen LogP contribution >= 0.6 is 0 Å². The molecule has 2 aromatic rings. The van der Waals surface area contributed by atoms with Gasteiger partial charge in [0.05, 0.1) is 13.7 Å². The smallest absolute Gasteiger partial charge is 0.488 e. The lowest BCUT2D eigenvalue weighted by Crippen LogP contribution is -2.34. The van der Waals surface area contributed by atoms with Crippen molar-refractivity contribution in [2.24, 2.45) is 0 Å². The summed E-state index contributed by atoms with van der Waals surface area (Å²) < 4.78 is 7.01. The van der Waals surface area contributed by atoms with Gasteiger partial charge in [-0.1, -0.05) is 19.9 Å². The zero-order chi connectivity index (χ0) is 15.4. The topological polar surface area (TPSA) is 80.4 Å². The zero-order valence-electron chi connectivity index (χ0n) is 12.6. The molecule has 1 aromatic heterocycles. The first-order chi connectivity index (χ1) is 10.1. The van der Waals surface area contributed by atoms with E-state index in [1.807, 2.05) is 13.8 Å². The monoisotopic (exact) mass is 289 g/mol. The molecule has 2 N–H and O–H groups in total. The average Bonchev–Trinajstić information content (AvgIpc) is 2.89. The molecule has 21 heavy (non-hydrogen) atoms. The highest BCUT2D eigenvalue weighted by atomic mass is 16.5. The molecule has 0 fully saturated rings. The van der Waals surface area contributed by atoms with Gasteiger partial charge in [-0.2, -0.15) is 5.10 Å². The SMILES string of the molecule is CCc1nc(CC)n(Cc2cc(OC)ccc2B(O)O)n1. The van der Waals surface area contributed by atoms with Gasteiger partial charge in [-0.05, 0) is 23.2 Å². The fourth-order valence-corrected chi connectivity index (χ4v) is 2.22. The van der Waals surface area contributed by atoms with Gasteiger partial charge < -0.3 is 14.8 Å². The zero-order valence-corrected chi connectivity index (χ0v) is 12.6. The van der Waals surface area contributed by atoms with Gasteiger partial charge >= 0.3 is 7.12 Å².